The van der Waals surface area contributed by atoms with Crippen molar-refractivity contribution in [2.45, 2.75) is 27.2 Å². The maximum Gasteiger partial charge on any atom is 0.225 e. The van der Waals surface area contributed by atoms with Gasteiger partial charge in [0.15, 0.2) is 0 Å². The predicted molar refractivity (Wildman–Crippen MR) is 123 cm³/mol. The van der Waals surface area contributed by atoms with E-state index in [1.807, 2.05) is 24.1 Å². The third-order valence-electron chi connectivity index (χ3n) is 5.25. The molecule has 6 heteroatoms. The van der Waals surface area contributed by atoms with Crippen molar-refractivity contribution in [3.8, 4) is 16.9 Å². The van der Waals surface area contributed by atoms with E-state index < -0.39 is 0 Å². The molecule has 0 radical (unpaired) electrons. The number of fused-ring (bicyclic) bond motifs is 1. The molecular formula is C23H22ClN3OS. The number of hydrogen-bond donors (Lipinski definition) is 1. The lowest BCUT2D eigenvalue weighted by Crippen LogP contribution is -2.12. The summed E-state index contributed by atoms with van der Waals surface area (Å²) in [6.45, 7) is 6.42. The van der Waals surface area contributed by atoms with E-state index >= 15 is 0 Å². The van der Waals surface area contributed by atoms with Crippen molar-refractivity contribution in [1.29, 1.82) is 0 Å². The van der Waals surface area contributed by atoms with E-state index in [4.69, 9.17) is 11.6 Å². The van der Waals surface area contributed by atoms with Gasteiger partial charge in [-0.2, -0.15) is 4.98 Å². The molecule has 0 aliphatic heterocycles. The molecule has 0 fully saturated rings. The Morgan fingerprint density at radius 2 is 1.76 bits per heavy atom. The van der Waals surface area contributed by atoms with Crippen LogP contribution in [-0.4, -0.2) is 22.1 Å². The van der Waals surface area contributed by atoms with Gasteiger partial charge in [0.2, 0.25) is 5.28 Å². The van der Waals surface area contributed by atoms with Crippen molar-refractivity contribution < 1.29 is 5.11 Å². The second kappa shape index (κ2) is 7.65. The molecule has 0 bridgehead atoms. The molecule has 0 unspecified atom stereocenters. The highest BCUT2D eigenvalue weighted by atomic mass is 35.5. The van der Waals surface area contributed by atoms with Crippen LogP contribution in [0.2, 0.25) is 5.28 Å². The molecule has 4 rings (SSSR count). The van der Waals surface area contributed by atoms with Crippen molar-refractivity contribution in [1.82, 2.24) is 9.97 Å². The number of aromatic hydroxyl groups is 1. The highest BCUT2D eigenvalue weighted by Crippen LogP contribution is 2.44. The zero-order chi connectivity index (χ0) is 20.7. The Kier molecular flexibility index (Phi) is 5.19. The highest BCUT2D eigenvalue weighted by molar-refractivity contribution is 7.19. The van der Waals surface area contributed by atoms with Crippen molar-refractivity contribution in [3.63, 3.8) is 0 Å². The van der Waals surface area contributed by atoms with E-state index in [0.29, 0.717) is 0 Å². The first kappa shape index (κ1) is 19.7. The summed E-state index contributed by atoms with van der Waals surface area (Å²) in [5, 5.41) is 10.9. The molecule has 0 aliphatic carbocycles. The Morgan fingerprint density at radius 1 is 1.03 bits per heavy atom. The van der Waals surface area contributed by atoms with Crippen molar-refractivity contribution in [3.05, 3.63) is 63.8 Å². The lowest BCUT2D eigenvalue weighted by molar-refractivity contribution is 0.475. The van der Waals surface area contributed by atoms with Gasteiger partial charge in [-0.3, -0.25) is 0 Å². The normalized spacial score (nSPS) is 11.2. The summed E-state index contributed by atoms with van der Waals surface area (Å²) in [6, 6.07) is 13.6. The molecule has 2 aromatic heterocycles. The summed E-state index contributed by atoms with van der Waals surface area (Å²) in [7, 11) is 1.96. The Hall–Kier alpha value is -2.63. The van der Waals surface area contributed by atoms with Crippen LogP contribution in [0.3, 0.4) is 0 Å². The van der Waals surface area contributed by atoms with Crippen LogP contribution in [-0.2, 0) is 6.42 Å². The topological polar surface area (TPSA) is 49.2 Å². The first-order chi connectivity index (χ1) is 13.9. The molecule has 0 spiro atoms. The minimum atomic E-state index is 0.229. The van der Waals surface area contributed by atoms with Crippen LogP contribution in [0.25, 0.3) is 21.3 Å². The summed E-state index contributed by atoms with van der Waals surface area (Å²) in [6.07, 6.45) is 0.906. The summed E-state index contributed by atoms with van der Waals surface area (Å²) in [5.74, 6) is 0.988. The zero-order valence-corrected chi connectivity index (χ0v) is 18.4. The average Bonchev–Trinajstić information content (AvgIpc) is 3.07. The largest absolute Gasteiger partial charge is 0.508 e. The maximum atomic E-state index is 9.64. The second-order valence-corrected chi connectivity index (χ2v) is 8.55. The van der Waals surface area contributed by atoms with E-state index in [9.17, 15) is 5.11 Å². The summed E-state index contributed by atoms with van der Waals surface area (Å²) >= 11 is 7.97. The molecule has 4 aromatic rings. The summed E-state index contributed by atoms with van der Waals surface area (Å²) in [5.41, 5.74) is 5.78. The molecule has 2 aromatic carbocycles. The van der Waals surface area contributed by atoms with E-state index in [0.717, 1.165) is 28.1 Å². The molecule has 0 saturated carbocycles. The van der Waals surface area contributed by atoms with E-state index in [1.165, 1.54) is 27.1 Å². The Morgan fingerprint density at radius 3 is 2.41 bits per heavy atom. The fraction of sp³-hybridized carbons (Fsp3) is 0.217. The van der Waals surface area contributed by atoms with Crippen LogP contribution in [0.15, 0.2) is 42.5 Å². The van der Waals surface area contributed by atoms with Crippen LogP contribution < -0.4 is 4.90 Å². The van der Waals surface area contributed by atoms with Crippen LogP contribution in [0.4, 0.5) is 11.5 Å². The van der Waals surface area contributed by atoms with Gasteiger partial charge in [-0.15, -0.1) is 11.3 Å². The number of hydrogen-bond acceptors (Lipinski definition) is 5. The van der Waals surface area contributed by atoms with Gasteiger partial charge < -0.3 is 10.0 Å². The van der Waals surface area contributed by atoms with Crippen molar-refractivity contribution in [2.24, 2.45) is 0 Å². The molecule has 2 heterocycles. The number of nitrogens with zero attached hydrogens (tertiary/aromatic N) is 3. The lowest BCUT2D eigenvalue weighted by atomic mass is 9.98. The smallest absolute Gasteiger partial charge is 0.225 e. The molecule has 1 N–H and O–H groups in total. The summed E-state index contributed by atoms with van der Waals surface area (Å²) in [4.78, 5) is 13.3. The van der Waals surface area contributed by atoms with Gasteiger partial charge in [0.25, 0.3) is 0 Å². The number of benzene rings is 2. The van der Waals surface area contributed by atoms with Crippen molar-refractivity contribution in [2.75, 3.05) is 11.9 Å². The fourth-order valence-electron chi connectivity index (χ4n) is 3.50. The molecule has 148 valence electrons. The molecular weight excluding hydrogens is 402 g/mol. The van der Waals surface area contributed by atoms with Gasteiger partial charge in [0, 0.05) is 23.2 Å². The molecule has 4 nitrogen and oxygen atoms in total. The third kappa shape index (κ3) is 3.56. The summed E-state index contributed by atoms with van der Waals surface area (Å²) < 4.78 is 0. The molecule has 0 saturated heterocycles. The Bertz CT molecular complexity index is 1200. The fourth-order valence-corrected chi connectivity index (χ4v) is 4.84. The number of halogens is 1. The Balaban J connectivity index is 2.00. The van der Waals surface area contributed by atoms with Crippen LogP contribution in [0, 0.1) is 13.8 Å². The molecule has 0 aliphatic rings. The minimum Gasteiger partial charge on any atom is -0.508 e. The standard InChI is InChI=1S/C23H22ClN3OS/c1-5-18-19(15-7-6-13(2)14(3)12-15)20-21(25-23(24)26-22(20)29-18)27(4)16-8-10-17(28)11-9-16/h6-12,28H,5H2,1-4H3. The zero-order valence-electron chi connectivity index (χ0n) is 16.8. The first-order valence-electron chi connectivity index (χ1n) is 9.48. The number of phenols is 1. The van der Waals surface area contributed by atoms with E-state index in [2.05, 4.69) is 48.9 Å². The SMILES string of the molecule is CCc1sc2nc(Cl)nc(N(C)c3ccc(O)cc3)c2c1-c1ccc(C)c(C)c1. The van der Waals surface area contributed by atoms with E-state index in [-0.39, 0.29) is 11.0 Å². The number of rotatable bonds is 4. The maximum absolute atomic E-state index is 9.64. The van der Waals surface area contributed by atoms with Gasteiger partial charge in [0.1, 0.15) is 16.4 Å². The number of anilines is 2. The minimum absolute atomic E-state index is 0.229. The molecule has 29 heavy (non-hydrogen) atoms. The highest BCUT2D eigenvalue weighted by Gasteiger charge is 2.22. The predicted octanol–water partition coefficient (Wildman–Crippen LogP) is 6.66. The van der Waals surface area contributed by atoms with Crippen molar-refractivity contribution >= 4 is 44.7 Å². The number of thiophene rings is 1. The Labute approximate surface area is 179 Å². The second-order valence-electron chi connectivity index (χ2n) is 7.12. The van der Waals surface area contributed by atoms with Gasteiger partial charge in [0.05, 0.1) is 5.39 Å². The van der Waals surface area contributed by atoms with Crippen LogP contribution in [0.5, 0.6) is 5.75 Å². The monoisotopic (exact) mass is 423 g/mol. The number of aromatic nitrogens is 2. The van der Waals surface area contributed by atoms with E-state index in [1.54, 1.807) is 23.5 Å². The lowest BCUT2D eigenvalue weighted by Gasteiger charge is -2.20. The van der Waals surface area contributed by atoms with Crippen LogP contribution in [0.1, 0.15) is 22.9 Å². The van der Waals surface area contributed by atoms with Crippen LogP contribution >= 0.6 is 22.9 Å². The third-order valence-corrected chi connectivity index (χ3v) is 6.65. The first-order valence-corrected chi connectivity index (χ1v) is 10.7. The van der Waals surface area contributed by atoms with Gasteiger partial charge in [-0.05, 0) is 72.8 Å². The average molecular weight is 424 g/mol. The number of aryl methyl sites for hydroxylation is 3. The van der Waals surface area contributed by atoms with Gasteiger partial charge >= 0.3 is 0 Å². The number of phenolic OH excluding ortho intramolecular Hbond substituents is 1. The molecule has 0 amide bonds. The van der Waals surface area contributed by atoms with Gasteiger partial charge in [-0.1, -0.05) is 25.1 Å². The quantitative estimate of drug-likeness (QED) is 0.372. The van der Waals surface area contributed by atoms with Gasteiger partial charge in [-0.25, -0.2) is 4.98 Å². The molecule has 0 atom stereocenters.